The highest BCUT2D eigenvalue weighted by molar-refractivity contribution is 5.24. The lowest BCUT2D eigenvalue weighted by atomic mass is 9.96. The predicted octanol–water partition coefficient (Wildman–Crippen LogP) is 1.83. The van der Waals surface area contributed by atoms with Gasteiger partial charge in [0.05, 0.1) is 6.04 Å². The molecule has 2 bridgehead atoms. The van der Waals surface area contributed by atoms with E-state index < -0.39 is 0 Å². The number of rotatable bonds is 1. The second kappa shape index (κ2) is 2.50. The number of anilines is 1. The average molecular weight is 177 g/mol. The van der Waals surface area contributed by atoms with Crippen LogP contribution >= 0.6 is 0 Å². The molecule has 2 aliphatic carbocycles. The Balaban J connectivity index is 1.87. The van der Waals surface area contributed by atoms with E-state index in [-0.39, 0.29) is 0 Å². The fraction of sp³-hybridized carbons (Fsp3) is 0.700. The largest absolute Gasteiger partial charge is 0.382 e. The minimum absolute atomic E-state index is 0.649. The zero-order valence-corrected chi connectivity index (χ0v) is 7.69. The first-order valence-corrected chi connectivity index (χ1v) is 5.13. The number of fused-ring (bicyclic) bond motifs is 2. The van der Waals surface area contributed by atoms with Crippen LogP contribution in [0.3, 0.4) is 0 Å². The lowest BCUT2D eigenvalue weighted by molar-refractivity contribution is 0.307. The van der Waals surface area contributed by atoms with E-state index in [2.05, 4.69) is 9.78 Å². The molecule has 2 aliphatic rings. The molecule has 70 valence electrons. The van der Waals surface area contributed by atoms with Gasteiger partial charge in [-0.15, -0.1) is 0 Å². The first kappa shape index (κ1) is 7.42. The highest BCUT2D eigenvalue weighted by atomic mass is 15.3. The van der Waals surface area contributed by atoms with Crippen molar-refractivity contribution in [1.82, 2.24) is 9.78 Å². The normalized spacial score (nSPS) is 37.1. The van der Waals surface area contributed by atoms with Crippen LogP contribution in [-0.2, 0) is 0 Å². The van der Waals surface area contributed by atoms with Crippen molar-refractivity contribution >= 4 is 5.82 Å². The van der Waals surface area contributed by atoms with Gasteiger partial charge in [0.2, 0.25) is 0 Å². The first-order chi connectivity index (χ1) is 6.33. The number of nitrogen functional groups attached to an aromatic ring is 1. The van der Waals surface area contributed by atoms with Crippen molar-refractivity contribution < 1.29 is 0 Å². The maximum absolute atomic E-state index is 5.61. The number of nitrogens with two attached hydrogens (primary N) is 1. The van der Waals surface area contributed by atoms with E-state index in [1.807, 2.05) is 12.3 Å². The molecule has 0 aliphatic heterocycles. The van der Waals surface area contributed by atoms with E-state index in [9.17, 15) is 0 Å². The lowest BCUT2D eigenvalue weighted by Crippen LogP contribution is -2.16. The Morgan fingerprint density at radius 1 is 1.38 bits per heavy atom. The fourth-order valence-electron chi connectivity index (χ4n) is 3.07. The first-order valence-electron chi connectivity index (χ1n) is 5.13. The van der Waals surface area contributed by atoms with Crippen LogP contribution in [0, 0.1) is 11.8 Å². The van der Waals surface area contributed by atoms with Crippen LogP contribution in [0.4, 0.5) is 5.82 Å². The molecule has 3 heteroatoms. The van der Waals surface area contributed by atoms with Crippen molar-refractivity contribution in [3.05, 3.63) is 12.3 Å². The quantitative estimate of drug-likeness (QED) is 0.711. The van der Waals surface area contributed by atoms with Gasteiger partial charge in [-0.1, -0.05) is 6.42 Å². The highest BCUT2D eigenvalue weighted by Gasteiger charge is 2.40. The molecule has 3 nitrogen and oxygen atoms in total. The molecular formula is C10H15N3. The molecule has 2 N–H and O–H groups in total. The molecule has 0 spiro atoms. The van der Waals surface area contributed by atoms with Crippen LogP contribution in [0.1, 0.15) is 31.7 Å². The summed E-state index contributed by atoms with van der Waals surface area (Å²) in [4.78, 5) is 0. The van der Waals surface area contributed by atoms with Gasteiger partial charge in [-0.2, -0.15) is 5.10 Å². The third-order valence-corrected chi connectivity index (χ3v) is 3.67. The van der Waals surface area contributed by atoms with Gasteiger partial charge in [-0.25, -0.2) is 0 Å². The van der Waals surface area contributed by atoms with Gasteiger partial charge in [-0.3, -0.25) is 4.68 Å². The zero-order chi connectivity index (χ0) is 8.84. The van der Waals surface area contributed by atoms with Gasteiger partial charge in [0.15, 0.2) is 0 Å². The molecular weight excluding hydrogens is 162 g/mol. The summed E-state index contributed by atoms with van der Waals surface area (Å²) in [7, 11) is 0. The van der Waals surface area contributed by atoms with Gasteiger partial charge in [0.1, 0.15) is 5.82 Å². The summed E-state index contributed by atoms with van der Waals surface area (Å²) in [5.41, 5.74) is 5.61. The molecule has 1 heterocycles. The van der Waals surface area contributed by atoms with Crippen molar-refractivity contribution in [2.24, 2.45) is 11.8 Å². The summed E-state index contributed by atoms with van der Waals surface area (Å²) in [6.07, 6.45) is 7.62. The second-order valence-electron chi connectivity index (χ2n) is 4.46. The molecule has 13 heavy (non-hydrogen) atoms. The standard InChI is InChI=1S/C10H15N3/c11-10-3-4-13(12-10)9-6-7-1-2-8(9)5-7/h3-4,7-9H,1-2,5-6H2,(H2,11,12). The Labute approximate surface area is 77.9 Å². The van der Waals surface area contributed by atoms with Crippen LogP contribution < -0.4 is 5.73 Å². The topological polar surface area (TPSA) is 43.8 Å². The molecule has 2 fully saturated rings. The van der Waals surface area contributed by atoms with Crippen molar-refractivity contribution in [2.45, 2.75) is 31.7 Å². The van der Waals surface area contributed by atoms with E-state index in [1.54, 1.807) is 0 Å². The molecule has 3 rings (SSSR count). The fourth-order valence-corrected chi connectivity index (χ4v) is 3.07. The maximum Gasteiger partial charge on any atom is 0.145 e. The minimum Gasteiger partial charge on any atom is -0.382 e. The summed E-state index contributed by atoms with van der Waals surface area (Å²) in [6, 6.07) is 2.54. The maximum atomic E-state index is 5.61. The number of aromatic nitrogens is 2. The SMILES string of the molecule is Nc1ccn(C2CC3CCC2C3)n1. The zero-order valence-electron chi connectivity index (χ0n) is 7.69. The predicted molar refractivity (Wildman–Crippen MR) is 51.1 cm³/mol. The molecule has 1 aromatic rings. The minimum atomic E-state index is 0.649. The molecule has 3 atom stereocenters. The summed E-state index contributed by atoms with van der Waals surface area (Å²) in [6.45, 7) is 0. The summed E-state index contributed by atoms with van der Waals surface area (Å²) in [5.74, 6) is 2.51. The smallest absolute Gasteiger partial charge is 0.145 e. The molecule has 2 saturated carbocycles. The third-order valence-electron chi connectivity index (χ3n) is 3.67. The Morgan fingerprint density at radius 2 is 2.31 bits per heavy atom. The summed E-state index contributed by atoms with van der Waals surface area (Å²) in [5, 5.41) is 4.31. The van der Waals surface area contributed by atoms with E-state index in [0.29, 0.717) is 11.9 Å². The van der Waals surface area contributed by atoms with Crippen LogP contribution in [0.15, 0.2) is 12.3 Å². The molecule has 0 saturated heterocycles. The van der Waals surface area contributed by atoms with Crippen molar-refractivity contribution in [3.63, 3.8) is 0 Å². The van der Waals surface area contributed by atoms with Crippen LogP contribution in [-0.4, -0.2) is 9.78 Å². The summed E-state index contributed by atoms with van der Waals surface area (Å²) < 4.78 is 2.08. The Bertz CT molecular complexity index is 318. The third kappa shape index (κ3) is 1.06. The van der Waals surface area contributed by atoms with Gasteiger partial charge in [-0.05, 0) is 37.2 Å². The van der Waals surface area contributed by atoms with E-state index in [0.717, 1.165) is 11.8 Å². The van der Waals surface area contributed by atoms with Gasteiger partial charge in [0.25, 0.3) is 0 Å². The van der Waals surface area contributed by atoms with Crippen molar-refractivity contribution in [1.29, 1.82) is 0 Å². The number of hydrogen-bond donors (Lipinski definition) is 1. The Kier molecular flexibility index (Phi) is 1.43. The molecule has 3 unspecified atom stereocenters. The van der Waals surface area contributed by atoms with Crippen LogP contribution in [0.25, 0.3) is 0 Å². The Hall–Kier alpha value is -0.990. The van der Waals surface area contributed by atoms with Crippen LogP contribution in [0.2, 0.25) is 0 Å². The monoisotopic (exact) mass is 177 g/mol. The molecule has 0 aromatic carbocycles. The average Bonchev–Trinajstić information content (AvgIpc) is 2.77. The molecule has 1 aromatic heterocycles. The van der Waals surface area contributed by atoms with E-state index in [1.165, 1.54) is 25.7 Å². The van der Waals surface area contributed by atoms with Crippen LogP contribution in [0.5, 0.6) is 0 Å². The number of hydrogen-bond acceptors (Lipinski definition) is 2. The lowest BCUT2D eigenvalue weighted by Gasteiger charge is -2.21. The van der Waals surface area contributed by atoms with Crippen molar-refractivity contribution in [3.8, 4) is 0 Å². The molecule has 0 radical (unpaired) electrons. The van der Waals surface area contributed by atoms with Gasteiger partial charge >= 0.3 is 0 Å². The highest BCUT2D eigenvalue weighted by Crippen LogP contribution is 2.50. The molecule has 0 amide bonds. The van der Waals surface area contributed by atoms with Crippen molar-refractivity contribution in [2.75, 3.05) is 5.73 Å². The van der Waals surface area contributed by atoms with Gasteiger partial charge < -0.3 is 5.73 Å². The van der Waals surface area contributed by atoms with Gasteiger partial charge in [0, 0.05) is 6.20 Å². The van der Waals surface area contributed by atoms with E-state index >= 15 is 0 Å². The summed E-state index contributed by atoms with van der Waals surface area (Å²) >= 11 is 0. The second-order valence-corrected chi connectivity index (χ2v) is 4.46. The van der Waals surface area contributed by atoms with E-state index in [4.69, 9.17) is 5.73 Å². The Morgan fingerprint density at radius 3 is 2.85 bits per heavy atom. The number of nitrogens with zero attached hydrogens (tertiary/aromatic N) is 2.